The SMILES string of the molecule is [CH2]C=NC(=O)CC. The molecular weight excluding hydrogens is 90.1 g/mol. The van der Waals surface area contributed by atoms with Crippen molar-refractivity contribution in [2.45, 2.75) is 13.3 Å². The highest BCUT2D eigenvalue weighted by Crippen LogP contribution is 1.77. The molecule has 0 fully saturated rings. The molecule has 0 aliphatic carbocycles. The normalized spacial score (nSPS) is 10.0. The molecule has 0 aromatic heterocycles. The molecule has 0 aliphatic heterocycles. The van der Waals surface area contributed by atoms with Gasteiger partial charge in [-0.1, -0.05) is 6.92 Å². The molecule has 0 aliphatic rings. The molecule has 2 nitrogen and oxygen atoms in total. The van der Waals surface area contributed by atoms with Crippen molar-refractivity contribution in [3.05, 3.63) is 6.92 Å². The van der Waals surface area contributed by atoms with Crippen molar-refractivity contribution >= 4 is 12.1 Å². The van der Waals surface area contributed by atoms with E-state index < -0.39 is 0 Å². The Morgan fingerprint density at radius 3 is 2.71 bits per heavy atom. The van der Waals surface area contributed by atoms with E-state index >= 15 is 0 Å². The number of carbonyl (C=O) groups is 1. The number of hydrogen-bond acceptors (Lipinski definition) is 1. The zero-order valence-electron chi connectivity index (χ0n) is 4.35. The fourth-order valence-electron chi connectivity index (χ4n) is 0.193. The first-order valence-electron chi connectivity index (χ1n) is 2.15. The maximum Gasteiger partial charge on any atom is 0.245 e. The summed E-state index contributed by atoms with van der Waals surface area (Å²) in [6.07, 6.45) is 1.72. The number of rotatable bonds is 1. The van der Waals surface area contributed by atoms with Gasteiger partial charge in [-0.05, 0) is 6.92 Å². The highest BCUT2D eigenvalue weighted by atomic mass is 16.1. The summed E-state index contributed by atoms with van der Waals surface area (Å²) < 4.78 is 0. The Kier molecular flexibility index (Phi) is 3.19. The van der Waals surface area contributed by atoms with Crippen molar-refractivity contribution in [3.8, 4) is 0 Å². The summed E-state index contributed by atoms with van der Waals surface area (Å²) >= 11 is 0. The van der Waals surface area contributed by atoms with Gasteiger partial charge in [-0.25, -0.2) is 4.99 Å². The monoisotopic (exact) mass is 98.1 g/mol. The second-order valence-corrected chi connectivity index (χ2v) is 1.06. The van der Waals surface area contributed by atoms with Crippen LogP contribution in [0.15, 0.2) is 4.99 Å². The molecule has 0 N–H and O–H groups in total. The van der Waals surface area contributed by atoms with Gasteiger partial charge >= 0.3 is 0 Å². The van der Waals surface area contributed by atoms with E-state index in [4.69, 9.17) is 0 Å². The third-order valence-electron chi connectivity index (χ3n) is 0.538. The van der Waals surface area contributed by atoms with E-state index in [0.29, 0.717) is 6.42 Å². The number of amides is 1. The molecule has 0 aromatic rings. The second-order valence-electron chi connectivity index (χ2n) is 1.06. The molecule has 0 saturated carbocycles. The van der Waals surface area contributed by atoms with Crippen molar-refractivity contribution < 1.29 is 4.79 Å². The van der Waals surface area contributed by atoms with Gasteiger partial charge in [-0.2, -0.15) is 0 Å². The maximum atomic E-state index is 10.2. The largest absolute Gasteiger partial charge is 0.273 e. The smallest absolute Gasteiger partial charge is 0.245 e. The van der Waals surface area contributed by atoms with Crippen LogP contribution in [0.1, 0.15) is 13.3 Å². The van der Waals surface area contributed by atoms with Gasteiger partial charge in [0.1, 0.15) is 0 Å². The average Bonchev–Trinajstić information content (AvgIpc) is 1.68. The van der Waals surface area contributed by atoms with Crippen molar-refractivity contribution in [2.24, 2.45) is 4.99 Å². The molecule has 0 saturated heterocycles. The molecule has 2 heteroatoms. The van der Waals surface area contributed by atoms with Crippen LogP contribution < -0.4 is 0 Å². The van der Waals surface area contributed by atoms with E-state index in [1.54, 1.807) is 6.92 Å². The lowest BCUT2D eigenvalue weighted by Gasteiger charge is -1.78. The lowest BCUT2D eigenvalue weighted by atomic mass is 10.5. The van der Waals surface area contributed by atoms with Crippen LogP contribution in [0.2, 0.25) is 0 Å². The summed E-state index contributed by atoms with van der Waals surface area (Å²) in [6.45, 7) is 5.02. The molecule has 0 bridgehead atoms. The number of aliphatic imine (C=N–C) groups is 1. The van der Waals surface area contributed by atoms with Gasteiger partial charge in [0.15, 0.2) is 0 Å². The Bertz CT molecular complexity index is 86.1. The van der Waals surface area contributed by atoms with Crippen molar-refractivity contribution in [1.29, 1.82) is 0 Å². The highest BCUT2D eigenvalue weighted by Gasteiger charge is 1.85. The lowest BCUT2D eigenvalue weighted by Crippen LogP contribution is -1.86. The van der Waals surface area contributed by atoms with E-state index in [1.165, 1.54) is 6.21 Å². The van der Waals surface area contributed by atoms with Crippen molar-refractivity contribution in [2.75, 3.05) is 0 Å². The molecule has 0 unspecified atom stereocenters. The minimum Gasteiger partial charge on any atom is -0.273 e. The first-order valence-corrected chi connectivity index (χ1v) is 2.15. The fourth-order valence-corrected chi connectivity index (χ4v) is 0.193. The van der Waals surface area contributed by atoms with Gasteiger partial charge in [0.2, 0.25) is 5.91 Å². The number of carbonyl (C=O) groups excluding carboxylic acids is 1. The molecule has 0 heterocycles. The summed E-state index contributed by atoms with van der Waals surface area (Å²) in [5.41, 5.74) is 0. The van der Waals surface area contributed by atoms with Crippen LogP contribution in [-0.2, 0) is 4.79 Å². The summed E-state index contributed by atoms with van der Waals surface area (Å²) in [5, 5.41) is 0. The Balaban J connectivity index is 3.37. The maximum absolute atomic E-state index is 10.2. The summed E-state index contributed by atoms with van der Waals surface area (Å²) in [6, 6.07) is 0. The Morgan fingerprint density at radius 1 is 2.00 bits per heavy atom. The summed E-state index contributed by atoms with van der Waals surface area (Å²) in [5.74, 6) is -0.116. The van der Waals surface area contributed by atoms with Crippen molar-refractivity contribution in [3.63, 3.8) is 0 Å². The average molecular weight is 98.1 g/mol. The first kappa shape index (κ1) is 6.34. The molecular formula is C5H8NO. The van der Waals surface area contributed by atoms with Gasteiger partial charge in [0.25, 0.3) is 0 Å². The first-order chi connectivity index (χ1) is 3.31. The van der Waals surface area contributed by atoms with Crippen LogP contribution in [0, 0.1) is 6.92 Å². The Morgan fingerprint density at radius 2 is 2.57 bits per heavy atom. The van der Waals surface area contributed by atoms with Gasteiger partial charge in [0, 0.05) is 12.6 Å². The van der Waals surface area contributed by atoms with Crippen LogP contribution in [0.5, 0.6) is 0 Å². The third-order valence-corrected chi connectivity index (χ3v) is 0.538. The van der Waals surface area contributed by atoms with E-state index in [9.17, 15) is 4.79 Å². The summed E-state index contributed by atoms with van der Waals surface area (Å²) in [4.78, 5) is 13.5. The molecule has 0 spiro atoms. The minimum atomic E-state index is -0.116. The Hall–Kier alpha value is -0.660. The van der Waals surface area contributed by atoms with Gasteiger partial charge < -0.3 is 0 Å². The van der Waals surface area contributed by atoms with E-state index in [-0.39, 0.29) is 5.91 Å². The highest BCUT2D eigenvalue weighted by molar-refractivity contribution is 5.85. The number of nitrogens with zero attached hydrogens (tertiary/aromatic N) is 1. The van der Waals surface area contributed by atoms with Crippen LogP contribution in [0.25, 0.3) is 0 Å². The molecule has 0 atom stereocenters. The third kappa shape index (κ3) is 3.16. The van der Waals surface area contributed by atoms with Crippen LogP contribution >= 0.6 is 0 Å². The molecule has 1 amide bonds. The van der Waals surface area contributed by atoms with Crippen molar-refractivity contribution in [1.82, 2.24) is 0 Å². The van der Waals surface area contributed by atoms with Gasteiger partial charge in [0.05, 0.1) is 0 Å². The van der Waals surface area contributed by atoms with E-state index in [1.807, 2.05) is 0 Å². The second kappa shape index (κ2) is 3.53. The topological polar surface area (TPSA) is 29.4 Å². The fraction of sp³-hybridized carbons (Fsp3) is 0.400. The molecule has 0 aromatic carbocycles. The molecule has 0 rings (SSSR count). The molecule has 7 heavy (non-hydrogen) atoms. The van der Waals surface area contributed by atoms with Crippen LogP contribution in [-0.4, -0.2) is 12.1 Å². The lowest BCUT2D eigenvalue weighted by molar-refractivity contribution is -0.117. The molecule has 1 radical (unpaired) electrons. The molecule has 39 valence electrons. The Labute approximate surface area is 43.3 Å². The quantitative estimate of drug-likeness (QED) is 0.446. The van der Waals surface area contributed by atoms with Crippen LogP contribution in [0.4, 0.5) is 0 Å². The zero-order valence-corrected chi connectivity index (χ0v) is 4.35. The standard InChI is InChI=1S/C5H8NO/c1-3-5(7)6-4-2/h4H,2-3H2,1H3. The predicted molar refractivity (Wildman–Crippen MR) is 29.1 cm³/mol. The van der Waals surface area contributed by atoms with Crippen LogP contribution in [0.3, 0.4) is 0 Å². The van der Waals surface area contributed by atoms with E-state index in [0.717, 1.165) is 0 Å². The van der Waals surface area contributed by atoms with Gasteiger partial charge in [-0.15, -0.1) is 0 Å². The zero-order chi connectivity index (χ0) is 5.70. The number of hydrogen-bond donors (Lipinski definition) is 0. The predicted octanol–water partition coefficient (Wildman–Crippen LogP) is 0.828. The van der Waals surface area contributed by atoms with E-state index in [2.05, 4.69) is 11.9 Å². The van der Waals surface area contributed by atoms with Gasteiger partial charge in [-0.3, -0.25) is 4.79 Å². The minimum absolute atomic E-state index is 0.116. The summed E-state index contributed by atoms with van der Waals surface area (Å²) in [7, 11) is 0.